The Bertz CT molecular complexity index is 1940. The molecule has 5 aromatic rings. The van der Waals surface area contributed by atoms with Gasteiger partial charge in [0.05, 0.1) is 20.0 Å². The predicted molar refractivity (Wildman–Crippen MR) is 215 cm³/mol. The van der Waals surface area contributed by atoms with Crippen molar-refractivity contribution in [2.45, 2.75) is 51.8 Å². The van der Waals surface area contributed by atoms with E-state index >= 15 is 0 Å². The van der Waals surface area contributed by atoms with E-state index in [1.54, 1.807) is 43.8 Å². The maximum atomic E-state index is 13.0. The second-order valence-electron chi connectivity index (χ2n) is 13.2. The van der Waals surface area contributed by atoms with Gasteiger partial charge >= 0.3 is 0 Å². The molecule has 0 saturated heterocycles. The molecule has 1 heterocycles. The number of hydrogen-bond acceptors (Lipinski definition) is 8. The topological polar surface area (TPSA) is 165 Å². The Morgan fingerprint density at radius 1 is 0.764 bits per heavy atom. The lowest BCUT2D eigenvalue weighted by Crippen LogP contribution is -2.35. The van der Waals surface area contributed by atoms with E-state index in [4.69, 9.17) is 15.2 Å². The Kier molecular flexibility index (Phi) is 16.9. The third-order valence-electron chi connectivity index (χ3n) is 8.41. The molecule has 0 aliphatic carbocycles. The van der Waals surface area contributed by atoms with Gasteiger partial charge in [-0.25, -0.2) is 0 Å². The molecule has 288 valence electrons. The Labute approximate surface area is 323 Å². The van der Waals surface area contributed by atoms with Crippen molar-refractivity contribution in [1.82, 2.24) is 20.9 Å². The number of primary amides is 1. The average Bonchev–Trinajstić information content (AvgIpc) is 3.20. The van der Waals surface area contributed by atoms with E-state index in [1.807, 2.05) is 98.8 Å². The number of methoxy groups -OCH3 is 1. The molecular formula is C44H51N5O6. The van der Waals surface area contributed by atoms with Crippen molar-refractivity contribution in [1.29, 1.82) is 0 Å². The molecule has 3 amide bonds. The molecule has 55 heavy (non-hydrogen) atoms. The molecule has 1 atom stereocenters. The smallest absolute Gasteiger partial charge is 0.251 e. The number of aliphatic hydroxyl groups excluding tert-OH is 1. The molecule has 6 N–H and O–H groups in total. The van der Waals surface area contributed by atoms with Gasteiger partial charge in [-0.05, 0) is 76.2 Å². The number of aromatic nitrogens is 1. The average molecular weight is 746 g/mol. The van der Waals surface area contributed by atoms with Gasteiger partial charge < -0.3 is 36.3 Å². The fraction of sp³-hybridized carbons (Fsp3) is 0.273. The highest BCUT2D eigenvalue weighted by Crippen LogP contribution is 2.27. The van der Waals surface area contributed by atoms with E-state index in [9.17, 15) is 19.5 Å². The van der Waals surface area contributed by atoms with Gasteiger partial charge in [0.25, 0.3) is 5.91 Å². The van der Waals surface area contributed by atoms with Crippen LogP contribution in [0.3, 0.4) is 0 Å². The van der Waals surface area contributed by atoms with Gasteiger partial charge in [-0.2, -0.15) is 0 Å². The number of aliphatic hydroxyl groups is 1. The number of pyridine rings is 1. The summed E-state index contributed by atoms with van der Waals surface area (Å²) in [5.74, 6) is 0.859. The van der Waals surface area contributed by atoms with Crippen LogP contribution in [0.1, 0.15) is 46.5 Å². The fourth-order valence-electron chi connectivity index (χ4n) is 5.53. The van der Waals surface area contributed by atoms with E-state index in [0.717, 1.165) is 39.1 Å². The summed E-state index contributed by atoms with van der Waals surface area (Å²) in [5, 5.41) is 18.8. The lowest BCUT2D eigenvalue weighted by Gasteiger charge is -2.15. The van der Waals surface area contributed by atoms with E-state index in [-0.39, 0.29) is 37.2 Å². The van der Waals surface area contributed by atoms with E-state index in [1.165, 1.54) is 0 Å². The highest BCUT2D eigenvalue weighted by atomic mass is 16.5. The first-order valence-corrected chi connectivity index (χ1v) is 18.3. The number of ether oxygens (including phenoxy) is 2. The molecule has 1 aromatic heterocycles. The summed E-state index contributed by atoms with van der Waals surface area (Å²) in [4.78, 5) is 40.5. The molecule has 11 nitrogen and oxygen atoms in total. The maximum Gasteiger partial charge on any atom is 0.251 e. The molecule has 4 aromatic carbocycles. The van der Waals surface area contributed by atoms with Crippen molar-refractivity contribution in [2.75, 3.05) is 26.8 Å². The molecule has 11 heteroatoms. The van der Waals surface area contributed by atoms with Crippen LogP contribution in [0.2, 0.25) is 0 Å². The number of amides is 3. The third kappa shape index (κ3) is 14.7. The lowest BCUT2D eigenvalue weighted by molar-refractivity contribution is -0.120. The Balaban J connectivity index is 0.000000299. The quantitative estimate of drug-likeness (QED) is 0.0833. The highest BCUT2D eigenvalue weighted by molar-refractivity contribution is 6.01. The van der Waals surface area contributed by atoms with Crippen LogP contribution in [0, 0.1) is 0 Å². The summed E-state index contributed by atoms with van der Waals surface area (Å²) in [5.41, 5.74) is 11.2. The number of carbonyl (C=O) groups is 3. The number of nitrogens with one attached hydrogen (secondary N) is 3. The van der Waals surface area contributed by atoms with Crippen LogP contribution in [-0.2, 0) is 35.4 Å². The maximum absolute atomic E-state index is 13.0. The third-order valence-corrected chi connectivity index (χ3v) is 8.41. The molecule has 0 fully saturated rings. The first kappa shape index (κ1) is 41.7. The highest BCUT2D eigenvalue weighted by Gasteiger charge is 2.15. The number of nitrogens with zero attached hydrogens (tertiary/aromatic N) is 1. The first-order chi connectivity index (χ1) is 26.6. The van der Waals surface area contributed by atoms with Crippen molar-refractivity contribution in [3.8, 4) is 22.6 Å². The zero-order valence-electron chi connectivity index (χ0n) is 31.7. The minimum Gasteiger partial charge on any atom is -0.497 e. The van der Waals surface area contributed by atoms with Crippen LogP contribution in [0.5, 0.6) is 11.5 Å². The molecule has 0 spiro atoms. The van der Waals surface area contributed by atoms with E-state index in [0.29, 0.717) is 43.4 Å². The van der Waals surface area contributed by atoms with Crippen LogP contribution >= 0.6 is 0 Å². The Morgan fingerprint density at radius 3 is 2.07 bits per heavy atom. The molecule has 0 aliphatic rings. The normalized spacial score (nSPS) is 11.1. The second kappa shape index (κ2) is 22.2. The summed E-state index contributed by atoms with van der Waals surface area (Å²) < 4.78 is 10.6. The molecular weight excluding hydrogens is 695 g/mol. The number of nitrogens with two attached hydrogens (primary N) is 1. The summed E-state index contributed by atoms with van der Waals surface area (Å²) >= 11 is 0. The molecule has 5 rings (SSSR count). The Hall–Kier alpha value is -6.04. The second-order valence-corrected chi connectivity index (χ2v) is 13.2. The number of benzene rings is 4. The van der Waals surface area contributed by atoms with Crippen LogP contribution < -0.4 is 31.2 Å². The number of rotatable bonds is 18. The molecule has 0 saturated carbocycles. The van der Waals surface area contributed by atoms with Crippen LogP contribution in [0.15, 0.2) is 122 Å². The van der Waals surface area contributed by atoms with E-state index in [2.05, 4.69) is 20.9 Å². The molecule has 0 bridgehead atoms. The van der Waals surface area contributed by atoms with Gasteiger partial charge in [0, 0.05) is 43.6 Å². The summed E-state index contributed by atoms with van der Waals surface area (Å²) in [6, 6.07) is 34.2. The zero-order chi connectivity index (χ0) is 39.4. The molecule has 1 unspecified atom stereocenters. The minimum atomic E-state index is -0.548. The number of carbonyl (C=O) groups excluding carboxylic acids is 3. The van der Waals surface area contributed by atoms with Crippen LogP contribution in [0.25, 0.3) is 11.1 Å². The van der Waals surface area contributed by atoms with Crippen molar-refractivity contribution < 1.29 is 29.0 Å². The van der Waals surface area contributed by atoms with Crippen molar-refractivity contribution in [2.24, 2.45) is 5.73 Å². The zero-order valence-corrected chi connectivity index (χ0v) is 31.7. The van der Waals surface area contributed by atoms with Gasteiger partial charge in [-0.3, -0.25) is 19.4 Å². The van der Waals surface area contributed by atoms with Gasteiger partial charge in [0.15, 0.2) is 0 Å². The Morgan fingerprint density at radius 2 is 1.42 bits per heavy atom. The SMILES string of the molecule is CC(C)NCC(O)COc1ccc(CC(N)=O)cc1.COc1ccc(CC(=O)NCc2ccccc2-c2ccccc2C(=O)NCCc2cccnc2)cc1. The standard InChI is InChI=1S/C30H29N3O3.C14H22N2O3/c1-36-25-14-12-22(13-15-25)19-29(34)33-21-24-8-2-3-9-26(24)27-10-4-5-11-28(27)30(35)32-18-16-23-7-6-17-31-20-23;1-10(2)16-8-12(17)9-19-13-5-3-11(4-6-13)7-14(15)18/h2-15,17,20H,16,18-19,21H2,1H3,(H,32,35)(H,33,34);3-6,10,12,16-17H,7-9H2,1-2H3,(H2,15,18). The van der Waals surface area contributed by atoms with Crippen molar-refractivity contribution in [3.63, 3.8) is 0 Å². The van der Waals surface area contributed by atoms with Crippen LogP contribution in [0.4, 0.5) is 0 Å². The van der Waals surface area contributed by atoms with Crippen LogP contribution in [-0.4, -0.2) is 66.8 Å². The largest absolute Gasteiger partial charge is 0.497 e. The first-order valence-electron chi connectivity index (χ1n) is 18.3. The monoisotopic (exact) mass is 745 g/mol. The number of hydrogen-bond donors (Lipinski definition) is 5. The fourth-order valence-corrected chi connectivity index (χ4v) is 5.53. The van der Waals surface area contributed by atoms with Crippen molar-refractivity contribution >= 4 is 17.7 Å². The lowest BCUT2D eigenvalue weighted by atomic mass is 9.95. The van der Waals surface area contributed by atoms with E-state index < -0.39 is 6.10 Å². The summed E-state index contributed by atoms with van der Waals surface area (Å²) in [6.45, 7) is 5.65. The van der Waals surface area contributed by atoms with Gasteiger partial charge in [0.1, 0.15) is 24.2 Å². The van der Waals surface area contributed by atoms with Gasteiger partial charge in [-0.15, -0.1) is 0 Å². The van der Waals surface area contributed by atoms with Crippen molar-refractivity contribution in [3.05, 3.63) is 149 Å². The molecule has 0 radical (unpaired) electrons. The molecule has 0 aliphatic heterocycles. The summed E-state index contributed by atoms with van der Waals surface area (Å²) in [7, 11) is 1.61. The summed E-state index contributed by atoms with van der Waals surface area (Å²) in [6.07, 6.45) is 4.20. The minimum absolute atomic E-state index is 0.0728. The van der Waals surface area contributed by atoms with Gasteiger partial charge in [-0.1, -0.05) is 86.6 Å². The van der Waals surface area contributed by atoms with Gasteiger partial charge in [0.2, 0.25) is 11.8 Å². The predicted octanol–water partition coefficient (Wildman–Crippen LogP) is 5.04.